The van der Waals surface area contributed by atoms with Crippen molar-refractivity contribution in [1.82, 2.24) is 19.5 Å². The molecule has 2 aromatic heterocycles. The second kappa shape index (κ2) is 9.16. The largest absolute Gasteiger partial charge is 0.444 e. The van der Waals surface area contributed by atoms with Crippen molar-refractivity contribution in [3.63, 3.8) is 0 Å². The number of nitrogens with zero attached hydrogens (tertiary/aromatic N) is 4. The summed E-state index contributed by atoms with van der Waals surface area (Å²) in [5.41, 5.74) is 3.37. The molecule has 1 amide bonds. The SMILES string of the molecule is COCc1ccccc1-c1cnn2ccc(NC[C@@H]3CCCN3C(=O)OC(C)(C)C)nc12. The summed E-state index contributed by atoms with van der Waals surface area (Å²) in [6.07, 6.45) is 5.39. The first-order valence-corrected chi connectivity index (χ1v) is 11.0. The number of nitrogens with one attached hydrogen (secondary N) is 1. The lowest BCUT2D eigenvalue weighted by Gasteiger charge is -2.28. The summed E-state index contributed by atoms with van der Waals surface area (Å²) >= 11 is 0. The minimum absolute atomic E-state index is 0.0784. The van der Waals surface area contributed by atoms with Crippen LogP contribution in [-0.2, 0) is 16.1 Å². The van der Waals surface area contributed by atoms with Crippen molar-refractivity contribution in [1.29, 1.82) is 0 Å². The third-order valence-electron chi connectivity index (χ3n) is 5.50. The van der Waals surface area contributed by atoms with Crippen molar-refractivity contribution in [2.24, 2.45) is 0 Å². The van der Waals surface area contributed by atoms with Gasteiger partial charge in [-0.15, -0.1) is 0 Å². The van der Waals surface area contributed by atoms with Crippen LogP contribution >= 0.6 is 0 Å². The molecule has 4 rings (SSSR count). The molecule has 1 saturated heterocycles. The van der Waals surface area contributed by atoms with Crippen molar-refractivity contribution >= 4 is 17.6 Å². The van der Waals surface area contributed by atoms with Crippen LogP contribution in [0.3, 0.4) is 0 Å². The first kappa shape index (κ1) is 22.1. The van der Waals surface area contributed by atoms with Crippen LogP contribution in [0.1, 0.15) is 39.2 Å². The van der Waals surface area contributed by atoms with E-state index < -0.39 is 5.60 Å². The van der Waals surface area contributed by atoms with Crippen molar-refractivity contribution in [3.8, 4) is 11.1 Å². The molecule has 1 aliphatic rings. The van der Waals surface area contributed by atoms with Gasteiger partial charge in [0, 0.05) is 32.0 Å². The van der Waals surface area contributed by atoms with Crippen molar-refractivity contribution in [2.75, 3.05) is 25.5 Å². The molecule has 32 heavy (non-hydrogen) atoms. The van der Waals surface area contributed by atoms with Gasteiger partial charge in [-0.3, -0.25) is 0 Å². The molecular formula is C24H31N5O3. The summed E-state index contributed by atoms with van der Waals surface area (Å²) in [7, 11) is 1.69. The molecule has 1 aromatic carbocycles. The highest BCUT2D eigenvalue weighted by molar-refractivity contribution is 5.79. The van der Waals surface area contributed by atoms with Gasteiger partial charge >= 0.3 is 6.09 Å². The molecule has 3 aromatic rings. The van der Waals surface area contributed by atoms with E-state index in [0.717, 1.165) is 47.5 Å². The van der Waals surface area contributed by atoms with E-state index in [9.17, 15) is 4.79 Å². The summed E-state index contributed by atoms with van der Waals surface area (Å²) in [6.45, 7) is 7.53. The maximum absolute atomic E-state index is 12.5. The molecule has 1 aliphatic heterocycles. The molecule has 1 N–H and O–H groups in total. The summed E-state index contributed by atoms with van der Waals surface area (Å²) < 4.78 is 12.7. The van der Waals surface area contributed by atoms with Crippen LogP contribution in [0.15, 0.2) is 42.7 Å². The minimum Gasteiger partial charge on any atom is -0.444 e. The lowest BCUT2D eigenvalue weighted by atomic mass is 10.0. The number of anilines is 1. The predicted octanol–water partition coefficient (Wildman–Crippen LogP) is 4.35. The number of carbonyl (C=O) groups excluding carboxylic acids is 1. The Morgan fingerprint density at radius 2 is 2.03 bits per heavy atom. The number of ether oxygens (including phenoxy) is 2. The van der Waals surface area contributed by atoms with Crippen LogP contribution in [0.2, 0.25) is 0 Å². The number of benzene rings is 1. The van der Waals surface area contributed by atoms with Gasteiger partial charge < -0.3 is 19.7 Å². The van der Waals surface area contributed by atoms with Gasteiger partial charge in [-0.25, -0.2) is 14.3 Å². The van der Waals surface area contributed by atoms with Crippen molar-refractivity contribution in [2.45, 2.75) is 51.9 Å². The quantitative estimate of drug-likeness (QED) is 0.617. The molecule has 1 fully saturated rings. The van der Waals surface area contributed by atoms with Gasteiger partial charge in [0.05, 0.1) is 18.8 Å². The number of hydrogen-bond acceptors (Lipinski definition) is 6. The number of rotatable bonds is 6. The number of carbonyl (C=O) groups is 1. The Hall–Kier alpha value is -3.13. The fourth-order valence-corrected chi connectivity index (χ4v) is 4.05. The smallest absolute Gasteiger partial charge is 0.410 e. The number of methoxy groups -OCH3 is 1. The Morgan fingerprint density at radius 3 is 2.81 bits per heavy atom. The highest BCUT2D eigenvalue weighted by Gasteiger charge is 2.32. The van der Waals surface area contributed by atoms with Gasteiger partial charge in [-0.05, 0) is 50.8 Å². The molecular weight excluding hydrogens is 406 g/mol. The van der Waals surface area contributed by atoms with E-state index in [4.69, 9.17) is 14.5 Å². The number of likely N-dealkylation sites (tertiary alicyclic amines) is 1. The Kier molecular flexibility index (Phi) is 6.32. The molecule has 1 atom stereocenters. The van der Waals surface area contributed by atoms with E-state index in [2.05, 4.69) is 22.5 Å². The number of amides is 1. The summed E-state index contributed by atoms with van der Waals surface area (Å²) in [5.74, 6) is 0.750. The Labute approximate surface area is 188 Å². The molecule has 0 bridgehead atoms. The zero-order valence-corrected chi connectivity index (χ0v) is 19.2. The Bertz CT molecular complexity index is 1090. The van der Waals surface area contributed by atoms with Gasteiger partial charge in [0.25, 0.3) is 0 Å². The molecule has 0 saturated carbocycles. The lowest BCUT2D eigenvalue weighted by molar-refractivity contribution is 0.0235. The number of aromatic nitrogens is 3. The third-order valence-corrected chi connectivity index (χ3v) is 5.50. The zero-order chi connectivity index (χ0) is 22.7. The Balaban J connectivity index is 1.51. The van der Waals surface area contributed by atoms with E-state index >= 15 is 0 Å². The number of fused-ring (bicyclic) bond motifs is 1. The molecule has 0 spiro atoms. The molecule has 170 valence electrons. The predicted molar refractivity (Wildman–Crippen MR) is 124 cm³/mol. The van der Waals surface area contributed by atoms with Crippen LogP contribution in [0.5, 0.6) is 0 Å². The number of hydrogen-bond donors (Lipinski definition) is 1. The molecule has 8 heteroatoms. The van der Waals surface area contributed by atoms with E-state index in [0.29, 0.717) is 13.2 Å². The monoisotopic (exact) mass is 437 g/mol. The van der Waals surface area contributed by atoms with Gasteiger partial charge in [-0.1, -0.05) is 24.3 Å². The summed E-state index contributed by atoms with van der Waals surface area (Å²) in [6, 6.07) is 10.1. The average molecular weight is 438 g/mol. The highest BCUT2D eigenvalue weighted by atomic mass is 16.6. The molecule has 3 heterocycles. The van der Waals surface area contributed by atoms with E-state index in [-0.39, 0.29) is 12.1 Å². The van der Waals surface area contributed by atoms with E-state index in [1.54, 1.807) is 11.6 Å². The fraction of sp³-hybridized carbons (Fsp3) is 0.458. The topological polar surface area (TPSA) is 81.0 Å². The second-order valence-corrected chi connectivity index (χ2v) is 9.08. The second-order valence-electron chi connectivity index (χ2n) is 9.08. The first-order valence-electron chi connectivity index (χ1n) is 11.0. The lowest BCUT2D eigenvalue weighted by Crippen LogP contribution is -2.42. The molecule has 0 aliphatic carbocycles. The van der Waals surface area contributed by atoms with Gasteiger partial charge in [0.1, 0.15) is 11.4 Å². The van der Waals surface area contributed by atoms with E-state index in [1.807, 2.05) is 56.3 Å². The standard InChI is InChI=1S/C24H31N5O3/c1-24(2,3)32-23(30)28-12-7-9-18(28)14-25-21-11-13-29-22(27-21)20(15-26-29)19-10-6-5-8-17(19)16-31-4/h5-6,8,10-11,13,15,18H,7,9,12,14,16H2,1-4H3,(H,25,27)/t18-/m0/s1. The average Bonchev–Trinajstić information content (AvgIpc) is 3.38. The highest BCUT2D eigenvalue weighted by Crippen LogP contribution is 2.28. The maximum atomic E-state index is 12.5. The first-order chi connectivity index (χ1) is 15.4. The van der Waals surface area contributed by atoms with Crippen LogP contribution < -0.4 is 5.32 Å². The van der Waals surface area contributed by atoms with Crippen LogP contribution in [0, 0.1) is 0 Å². The molecule has 8 nitrogen and oxygen atoms in total. The summed E-state index contributed by atoms with van der Waals surface area (Å²) in [4.78, 5) is 19.2. The molecule has 0 unspecified atom stereocenters. The minimum atomic E-state index is -0.498. The molecule has 0 radical (unpaired) electrons. The van der Waals surface area contributed by atoms with Crippen LogP contribution in [-0.4, -0.2) is 57.4 Å². The van der Waals surface area contributed by atoms with Crippen LogP contribution in [0.25, 0.3) is 16.8 Å². The zero-order valence-electron chi connectivity index (χ0n) is 19.2. The Morgan fingerprint density at radius 1 is 1.22 bits per heavy atom. The third kappa shape index (κ3) is 4.85. The summed E-state index contributed by atoms with van der Waals surface area (Å²) in [5, 5.41) is 7.87. The van der Waals surface area contributed by atoms with E-state index in [1.165, 1.54) is 0 Å². The maximum Gasteiger partial charge on any atom is 0.410 e. The van der Waals surface area contributed by atoms with Gasteiger partial charge in [-0.2, -0.15) is 5.10 Å². The normalized spacial score (nSPS) is 16.5. The fourth-order valence-electron chi connectivity index (χ4n) is 4.05. The van der Waals surface area contributed by atoms with Gasteiger partial charge in [0.2, 0.25) is 0 Å². The van der Waals surface area contributed by atoms with Crippen molar-refractivity contribution < 1.29 is 14.3 Å². The van der Waals surface area contributed by atoms with Crippen molar-refractivity contribution in [3.05, 3.63) is 48.3 Å². The van der Waals surface area contributed by atoms with Crippen LogP contribution in [0.4, 0.5) is 10.6 Å². The van der Waals surface area contributed by atoms with Gasteiger partial charge in [0.15, 0.2) is 5.65 Å².